The summed E-state index contributed by atoms with van der Waals surface area (Å²) in [6, 6.07) is 15.0. The number of rotatable bonds is 4. The second kappa shape index (κ2) is 7.62. The molecule has 0 unspecified atom stereocenters. The van der Waals surface area contributed by atoms with Crippen LogP contribution in [0.15, 0.2) is 48.5 Å². The largest absolute Gasteiger partial charge is 0.323 e. The van der Waals surface area contributed by atoms with Crippen molar-refractivity contribution in [3.8, 4) is 0 Å². The first kappa shape index (κ1) is 18.0. The lowest BCUT2D eigenvalue weighted by Gasteiger charge is -2.09. The lowest BCUT2D eigenvalue weighted by Crippen LogP contribution is -2.20. The van der Waals surface area contributed by atoms with Gasteiger partial charge in [-0.2, -0.15) is 5.10 Å². The Morgan fingerprint density at radius 3 is 2.31 bits per heavy atom. The van der Waals surface area contributed by atoms with Gasteiger partial charge in [0, 0.05) is 10.7 Å². The molecule has 0 atom stereocenters. The first-order valence-corrected chi connectivity index (χ1v) is 8.73. The number of halogens is 1. The summed E-state index contributed by atoms with van der Waals surface area (Å²) in [6.07, 6.45) is 0. The van der Waals surface area contributed by atoms with Gasteiger partial charge in [-0.1, -0.05) is 41.4 Å². The predicted molar refractivity (Wildman–Crippen MR) is 106 cm³/mol. The van der Waals surface area contributed by atoms with Gasteiger partial charge in [0.25, 0.3) is 0 Å². The van der Waals surface area contributed by atoms with Crippen molar-refractivity contribution >= 4 is 29.0 Å². The lowest BCUT2D eigenvalue weighted by atomic mass is 10.1. The number of aryl methyl sites for hydroxylation is 2. The van der Waals surface area contributed by atoms with Crippen molar-refractivity contribution in [3.05, 3.63) is 76.1 Å². The zero-order valence-electron chi connectivity index (χ0n) is 15.0. The van der Waals surface area contributed by atoms with Gasteiger partial charge in [0.1, 0.15) is 0 Å². The summed E-state index contributed by atoms with van der Waals surface area (Å²) >= 11 is 5.86. The van der Waals surface area contributed by atoms with Crippen LogP contribution >= 0.6 is 11.6 Å². The van der Waals surface area contributed by atoms with E-state index >= 15 is 0 Å². The van der Waals surface area contributed by atoms with E-state index in [0.717, 1.165) is 17.1 Å². The van der Waals surface area contributed by atoms with Crippen molar-refractivity contribution in [2.45, 2.75) is 27.3 Å². The number of urea groups is 1. The molecular weight excluding hydrogens is 348 g/mol. The molecule has 1 aromatic heterocycles. The first-order valence-electron chi connectivity index (χ1n) is 8.35. The Hall–Kier alpha value is -2.79. The molecule has 0 aliphatic heterocycles. The fourth-order valence-corrected chi connectivity index (χ4v) is 2.83. The van der Waals surface area contributed by atoms with E-state index in [9.17, 15) is 4.79 Å². The van der Waals surface area contributed by atoms with Crippen molar-refractivity contribution in [2.75, 3.05) is 10.6 Å². The third kappa shape index (κ3) is 4.24. The smallest absolute Gasteiger partial charge is 0.308 e. The molecule has 2 amide bonds. The molecule has 0 saturated heterocycles. The highest BCUT2D eigenvalue weighted by atomic mass is 35.5. The van der Waals surface area contributed by atoms with E-state index in [1.54, 1.807) is 24.3 Å². The molecule has 3 rings (SSSR count). The minimum atomic E-state index is -0.312. The quantitative estimate of drug-likeness (QED) is 0.668. The second-order valence-corrected chi connectivity index (χ2v) is 6.71. The highest BCUT2D eigenvalue weighted by molar-refractivity contribution is 6.30. The molecule has 0 fully saturated rings. The molecule has 2 aromatic carbocycles. The minimum Gasteiger partial charge on any atom is -0.308 e. The van der Waals surface area contributed by atoms with Crippen molar-refractivity contribution in [2.24, 2.45) is 0 Å². The normalized spacial score (nSPS) is 10.6. The maximum absolute atomic E-state index is 12.3. The molecule has 3 aromatic rings. The maximum atomic E-state index is 12.3. The van der Waals surface area contributed by atoms with Crippen LogP contribution in [0.5, 0.6) is 0 Å². The van der Waals surface area contributed by atoms with Gasteiger partial charge in [-0.25, -0.2) is 4.79 Å². The molecule has 0 aliphatic rings. The first-order chi connectivity index (χ1) is 12.4. The SMILES string of the molecule is Cc1ccc(Cn2nc(C)c(NC(=O)Nc3ccc(Cl)cc3)c2C)cc1. The Morgan fingerprint density at radius 2 is 1.65 bits per heavy atom. The number of aromatic nitrogens is 2. The summed E-state index contributed by atoms with van der Waals surface area (Å²) in [4.78, 5) is 12.3. The van der Waals surface area contributed by atoms with Gasteiger partial charge in [-0.05, 0) is 50.6 Å². The summed E-state index contributed by atoms with van der Waals surface area (Å²) in [5.41, 5.74) is 5.48. The average molecular weight is 369 g/mol. The van der Waals surface area contributed by atoms with Crippen LogP contribution in [0.1, 0.15) is 22.5 Å². The Kier molecular flexibility index (Phi) is 5.28. The Labute approximate surface area is 158 Å². The highest BCUT2D eigenvalue weighted by Crippen LogP contribution is 2.21. The molecule has 134 valence electrons. The third-order valence-electron chi connectivity index (χ3n) is 4.18. The van der Waals surface area contributed by atoms with E-state index in [4.69, 9.17) is 11.6 Å². The Bertz CT molecular complexity index is 914. The topological polar surface area (TPSA) is 59.0 Å². The van der Waals surface area contributed by atoms with E-state index in [0.29, 0.717) is 17.3 Å². The van der Waals surface area contributed by atoms with Gasteiger partial charge in [0.15, 0.2) is 0 Å². The number of nitrogens with one attached hydrogen (secondary N) is 2. The van der Waals surface area contributed by atoms with Crippen molar-refractivity contribution in [1.29, 1.82) is 0 Å². The van der Waals surface area contributed by atoms with Crippen LogP contribution in [-0.4, -0.2) is 15.8 Å². The van der Waals surface area contributed by atoms with Gasteiger partial charge in [-0.15, -0.1) is 0 Å². The fourth-order valence-electron chi connectivity index (χ4n) is 2.71. The summed E-state index contributed by atoms with van der Waals surface area (Å²) in [7, 11) is 0. The van der Waals surface area contributed by atoms with Crippen molar-refractivity contribution < 1.29 is 4.79 Å². The van der Waals surface area contributed by atoms with Crippen molar-refractivity contribution in [1.82, 2.24) is 9.78 Å². The zero-order chi connectivity index (χ0) is 18.7. The Morgan fingerprint density at radius 1 is 1.00 bits per heavy atom. The second-order valence-electron chi connectivity index (χ2n) is 6.28. The third-order valence-corrected chi connectivity index (χ3v) is 4.43. The van der Waals surface area contributed by atoms with Crippen LogP contribution in [0, 0.1) is 20.8 Å². The van der Waals surface area contributed by atoms with E-state index in [1.165, 1.54) is 11.1 Å². The molecule has 0 saturated carbocycles. The predicted octanol–water partition coefficient (Wildman–Crippen LogP) is 5.15. The van der Waals surface area contributed by atoms with Crippen LogP contribution in [-0.2, 0) is 6.54 Å². The molecule has 2 N–H and O–H groups in total. The average Bonchev–Trinajstić information content (AvgIpc) is 2.86. The minimum absolute atomic E-state index is 0.312. The molecular formula is C20H21ClN4O. The number of hydrogen-bond acceptors (Lipinski definition) is 2. The number of benzene rings is 2. The van der Waals surface area contributed by atoms with Crippen LogP contribution in [0.2, 0.25) is 5.02 Å². The molecule has 5 nitrogen and oxygen atoms in total. The number of carbonyl (C=O) groups is 1. The summed E-state index contributed by atoms with van der Waals surface area (Å²) in [5, 5.41) is 10.9. The van der Waals surface area contributed by atoms with E-state index in [1.807, 2.05) is 18.5 Å². The monoisotopic (exact) mass is 368 g/mol. The summed E-state index contributed by atoms with van der Waals surface area (Å²) in [5.74, 6) is 0. The number of hydrogen-bond donors (Lipinski definition) is 2. The van der Waals surface area contributed by atoms with Gasteiger partial charge < -0.3 is 10.6 Å². The van der Waals surface area contributed by atoms with Gasteiger partial charge in [0.05, 0.1) is 23.6 Å². The molecule has 0 radical (unpaired) electrons. The molecule has 6 heteroatoms. The zero-order valence-corrected chi connectivity index (χ0v) is 15.8. The fraction of sp³-hybridized carbons (Fsp3) is 0.200. The van der Waals surface area contributed by atoms with Crippen LogP contribution < -0.4 is 10.6 Å². The van der Waals surface area contributed by atoms with E-state index in [-0.39, 0.29) is 6.03 Å². The van der Waals surface area contributed by atoms with E-state index in [2.05, 4.69) is 46.9 Å². The highest BCUT2D eigenvalue weighted by Gasteiger charge is 2.14. The van der Waals surface area contributed by atoms with Gasteiger partial charge >= 0.3 is 6.03 Å². The summed E-state index contributed by atoms with van der Waals surface area (Å²) in [6.45, 7) is 6.56. The van der Waals surface area contributed by atoms with Crippen LogP contribution in [0.25, 0.3) is 0 Å². The lowest BCUT2D eigenvalue weighted by molar-refractivity contribution is 0.262. The molecule has 1 heterocycles. The standard InChI is InChI=1S/C20H21ClN4O/c1-13-4-6-16(7-5-13)12-25-15(3)19(14(2)24-25)23-20(26)22-18-10-8-17(21)9-11-18/h4-11H,12H2,1-3H3,(H2,22,23,26). The molecule has 0 spiro atoms. The van der Waals surface area contributed by atoms with Crippen LogP contribution in [0.3, 0.4) is 0 Å². The van der Waals surface area contributed by atoms with Crippen LogP contribution in [0.4, 0.5) is 16.2 Å². The number of amides is 2. The number of nitrogens with zero attached hydrogens (tertiary/aromatic N) is 2. The molecule has 0 bridgehead atoms. The van der Waals surface area contributed by atoms with Gasteiger partial charge in [0.2, 0.25) is 0 Å². The molecule has 26 heavy (non-hydrogen) atoms. The number of carbonyl (C=O) groups excluding carboxylic acids is 1. The molecule has 0 aliphatic carbocycles. The Balaban J connectivity index is 1.71. The van der Waals surface area contributed by atoms with Gasteiger partial charge in [-0.3, -0.25) is 4.68 Å². The van der Waals surface area contributed by atoms with Crippen molar-refractivity contribution in [3.63, 3.8) is 0 Å². The van der Waals surface area contributed by atoms with E-state index < -0.39 is 0 Å². The summed E-state index contributed by atoms with van der Waals surface area (Å²) < 4.78 is 1.90. The maximum Gasteiger partial charge on any atom is 0.323 e. The number of anilines is 2.